The van der Waals surface area contributed by atoms with Crippen molar-refractivity contribution in [1.29, 1.82) is 0 Å². The van der Waals surface area contributed by atoms with E-state index in [-0.39, 0.29) is 23.8 Å². The normalized spacial score (nSPS) is 10.5. The van der Waals surface area contributed by atoms with Crippen molar-refractivity contribution in [2.45, 2.75) is 32.7 Å². The van der Waals surface area contributed by atoms with E-state index in [1.807, 2.05) is 20.8 Å². The summed E-state index contributed by atoms with van der Waals surface area (Å²) in [5.74, 6) is 5.34. The molecule has 0 aromatic carbocycles. The van der Waals surface area contributed by atoms with Crippen LogP contribution in [0.25, 0.3) is 0 Å². The van der Waals surface area contributed by atoms with E-state index >= 15 is 0 Å². The Morgan fingerprint density at radius 3 is 2.71 bits per heavy atom. The molecular formula is C15H21N3O2S. The van der Waals surface area contributed by atoms with Crippen LogP contribution in [0.3, 0.4) is 0 Å². The van der Waals surface area contributed by atoms with Gasteiger partial charge in [0, 0.05) is 23.9 Å². The van der Waals surface area contributed by atoms with Gasteiger partial charge in [0.2, 0.25) is 5.91 Å². The molecule has 0 bridgehead atoms. The summed E-state index contributed by atoms with van der Waals surface area (Å²) >= 11 is 1.40. The molecule has 1 rings (SSSR count). The van der Waals surface area contributed by atoms with Crippen molar-refractivity contribution in [1.82, 2.24) is 10.6 Å². The van der Waals surface area contributed by atoms with Gasteiger partial charge in [-0.3, -0.25) is 9.59 Å². The van der Waals surface area contributed by atoms with Crippen molar-refractivity contribution in [3.63, 3.8) is 0 Å². The van der Waals surface area contributed by atoms with E-state index in [4.69, 9.17) is 5.73 Å². The standard InChI is InChI=1S/C15H21N3O2S/c1-15(2,3)18-13(19)6-8-17-14(20)11-9-12(21-10-11)5-4-7-16/h9-10H,6-8,16H2,1-3H3,(H,17,20)(H,18,19). The van der Waals surface area contributed by atoms with Crippen LogP contribution < -0.4 is 16.4 Å². The van der Waals surface area contributed by atoms with Gasteiger partial charge in [0.1, 0.15) is 0 Å². The van der Waals surface area contributed by atoms with Gasteiger partial charge in [-0.2, -0.15) is 0 Å². The van der Waals surface area contributed by atoms with E-state index in [2.05, 4.69) is 22.5 Å². The number of nitrogens with two attached hydrogens (primary N) is 1. The topological polar surface area (TPSA) is 84.2 Å². The number of rotatable bonds is 4. The number of carbonyl (C=O) groups is 2. The van der Waals surface area contributed by atoms with Crippen molar-refractivity contribution in [3.05, 3.63) is 21.9 Å². The summed E-state index contributed by atoms with van der Waals surface area (Å²) in [7, 11) is 0. The van der Waals surface area contributed by atoms with Crippen LogP contribution in [0.1, 0.15) is 42.4 Å². The summed E-state index contributed by atoms with van der Waals surface area (Å²) in [5, 5.41) is 7.30. The SMILES string of the molecule is CC(C)(C)NC(=O)CCNC(=O)c1csc(C#CCN)c1. The second-order valence-electron chi connectivity index (χ2n) is 5.51. The van der Waals surface area contributed by atoms with Crippen molar-refractivity contribution >= 4 is 23.2 Å². The van der Waals surface area contributed by atoms with Crippen LogP contribution in [0.4, 0.5) is 0 Å². The van der Waals surface area contributed by atoms with Gasteiger partial charge in [-0.15, -0.1) is 11.3 Å². The van der Waals surface area contributed by atoms with Gasteiger partial charge in [-0.1, -0.05) is 11.8 Å². The lowest BCUT2D eigenvalue weighted by Gasteiger charge is -2.20. The van der Waals surface area contributed by atoms with E-state index in [0.717, 1.165) is 4.88 Å². The smallest absolute Gasteiger partial charge is 0.252 e. The van der Waals surface area contributed by atoms with Crippen molar-refractivity contribution < 1.29 is 9.59 Å². The maximum atomic E-state index is 11.9. The van der Waals surface area contributed by atoms with E-state index in [1.54, 1.807) is 11.4 Å². The predicted octanol–water partition coefficient (Wildman–Crippen LogP) is 1.09. The molecule has 0 saturated heterocycles. The molecule has 0 atom stereocenters. The summed E-state index contributed by atoms with van der Waals surface area (Å²) in [5.41, 5.74) is 5.59. The molecule has 4 N–H and O–H groups in total. The largest absolute Gasteiger partial charge is 0.351 e. The Hall–Kier alpha value is -1.84. The van der Waals surface area contributed by atoms with Crippen LogP contribution in [0, 0.1) is 11.8 Å². The lowest BCUT2D eigenvalue weighted by Crippen LogP contribution is -2.41. The first-order valence-corrected chi connectivity index (χ1v) is 7.56. The Labute approximate surface area is 129 Å². The van der Waals surface area contributed by atoms with Crippen LogP contribution in [0.2, 0.25) is 0 Å². The highest BCUT2D eigenvalue weighted by Crippen LogP contribution is 2.13. The summed E-state index contributed by atoms with van der Waals surface area (Å²) in [6.07, 6.45) is 0.257. The Morgan fingerprint density at radius 1 is 1.38 bits per heavy atom. The van der Waals surface area contributed by atoms with E-state index in [0.29, 0.717) is 18.7 Å². The van der Waals surface area contributed by atoms with Crippen LogP contribution in [-0.2, 0) is 4.79 Å². The molecule has 0 fully saturated rings. The third-order valence-corrected chi connectivity index (χ3v) is 3.17. The fourth-order valence-electron chi connectivity index (χ4n) is 1.53. The molecule has 5 nitrogen and oxygen atoms in total. The van der Waals surface area contributed by atoms with Crippen molar-refractivity contribution in [3.8, 4) is 11.8 Å². The highest BCUT2D eigenvalue weighted by Gasteiger charge is 2.14. The highest BCUT2D eigenvalue weighted by atomic mass is 32.1. The first kappa shape index (κ1) is 17.2. The minimum atomic E-state index is -0.259. The lowest BCUT2D eigenvalue weighted by molar-refractivity contribution is -0.122. The number of amides is 2. The average Bonchev–Trinajstić information content (AvgIpc) is 2.82. The van der Waals surface area contributed by atoms with Crippen LogP contribution in [0.15, 0.2) is 11.4 Å². The Morgan fingerprint density at radius 2 is 2.10 bits per heavy atom. The summed E-state index contributed by atoms with van der Waals surface area (Å²) in [4.78, 5) is 24.3. The van der Waals surface area contributed by atoms with Gasteiger partial charge in [0.15, 0.2) is 0 Å². The van der Waals surface area contributed by atoms with Gasteiger partial charge in [0.05, 0.1) is 17.0 Å². The minimum Gasteiger partial charge on any atom is -0.351 e. The molecule has 21 heavy (non-hydrogen) atoms. The molecule has 0 radical (unpaired) electrons. The fraction of sp³-hybridized carbons (Fsp3) is 0.467. The quantitative estimate of drug-likeness (QED) is 0.728. The van der Waals surface area contributed by atoms with Gasteiger partial charge in [-0.25, -0.2) is 0 Å². The van der Waals surface area contributed by atoms with Gasteiger partial charge >= 0.3 is 0 Å². The van der Waals surface area contributed by atoms with E-state index in [9.17, 15) is 9.59 Å². The number of carbonyl (C=O) groups excluding carboxylic acids is 2. The maximum absolute atomic E-state index is 11.9. The molecule has 0 unspecified atom stereocenters. The molecule has 0 saturated carbocycles. The monoisotopic (exact) mass is 307 g/mol. The molecule has 2 amide bonds. The number of hydrogen-bond donors (Lipinski definition) is 3. The Bertz CT molecular complexity index is 561. The maximum Gasteiger partial charge on any atom is 0.252 e. The average molecular weight is 307 g/mol. The zero-order valence-electron chi connectivity index (χ0n) is 12.6. The first-order valence-electron chi connectivity index (χ1n) is 6.68. The Balaban J connectivity index is 2.40. The van der Waals surface area contributed by atoms with Crippen molar-refractivity contribution in [2.24, 2.45) is 5.73 Å². The zero-order chi connectivity index (χ0) is 15.9. The molecule has 0 spiro atoms. The minimum absolute atomic E-state index is 0.0809. The summed E-state index contributed by atoms with van der Waals surface area (Å²) in [6, 6.07) is 1.72. The highest BCUT2D eigenvalue weighted by molar-refractivity contribution is 7.10. The summed E-state index contributed by atoms with van der Waals surface area (Å²) < 4.78 is 0. The van der Waals surface area contributed by atoms with Gasteiger partial charge in [-0.05, 0) is 26.8 Å². The number of thiophene rings is 1. The van der Waals surface area contributed by atoms with Gasteiger partial charge in [0.25, 0.3) is 5.91 Å². The van der Waals surface area contributed by atoms with E-state index < -0.39 is 0 Å². The molecule has 1 aromatic rings. The summed E-state index contributed by atoms with van der Waals surface area (Å²) in [6.45, 7) is 6.35. The second kappa shape index (κ2) is 7.81. The number of hydrogen-bond acceptors (Lipinski definition) is 4. The molecule has 0 aliphatic carbocycles. The Kier molecular flexibility index (Phi) is 6.40. The fourth-order valence-corrected chi connectivity index (χ4v) is 2.29. The molecule has 1 aromatic heterocycles. The van der Waals surface area contributed by atoms with Crippen molar-refractivity contribution in [2.75, 3.05) is 13.1 Å². The van der Waals surface area contributed by atoms with Crippen LogP contribution in [-0.4, -0.2) is 30.4 Å². The van der Waals surface area contributed by atoms with E-state index in [1.165, 1.54) is 11.3 Å². The molecule has 0 aliphatic heterocycles. The number of nitrogens with one attached hydrogen (secondary N) is 2. The van der Waals surface area contributed by atoms with Crippen LogP contribution >= 0.6 is 11.3 Å². The third-order valence-electron chi connectivity index (χ3n) is 2.33. The first-order chi connectivity index (χ1) is 9.81. The third kappa shape index (κ3) is 6.93. The lowest BCUT2D eigenvalue weighted by atomic mass is 10.1. The molecule has 114 valence electrons. The molecular weight excluding hydrogens is 286 g/mol. The zero-order valence-corrected chi connectivity index (χ0v) is 13.4. The second-order valence-corrected chi connectivity index (χ2v) is 6.42. The molecule has 0 aliphatic rings. The van der Waals surface area contributed by atoms with Crippen LogP contribution in [0.5, 0.6) is 0 Å². The predicted molar refractivity (Wildman–Crippen MR) is 85.1 cm³/mol. The molecule has 6 heteroatoms. The molecule has 1 heterocycles. The van der Waals surface area contributed by atoms with Gasteiger partial charge < -0.3 is 16.4 Å².